The Morgan fingerprint density at radius 2 is 0.783 bits per heavy atom. The summed E-state index contributed by atoms with van der Waals surface area (Å²) >= 11 is 23.9. The first-order chi connectivity index (χ1) is 10.6. The van der Waals surface area contributed by atoms with Gasteiger partial charge in [-0.1, -0.05) is 74.6 Å². The molecule has 0 amide bonds. The van der Waals surface area contributed by atoms with Crippen molar-refractivity contribution in [3.63, 3.8) is 0 Å². The average Bonchev–Trinajstić information content (AvgIpc) is 2.54. The van der Waals surface area contributed by atoms with E-state index >= 15 is 0 Å². The van der Waals surface area contributed by atoms with Crippen LogP contribution in [0.15, 0.2) is 31.3 Å². The summed E-state index contributed by atoms with van der Waals surface area (Å²) in [6.07, 6.45) is 0. The summed E-state index contributed by atoms with van der Waals surface area (Å²) in [6, 6.07) is 0. The highest BCUT2D eigenvalue weighted by molar-refractivity contribution is 9.14. The Labute approximate surface area is 196 Å². The summed E-state index contributed by atoms with van der Waals surface area (Å²) in [5.74, 6) is 0.863. The number of halogens is 7. The smallest absolute Gasteiger partial charge is 0.158 e. The molecule has 2 aromatic carbocycles. The molecule has 0 spiro atoms. The second-order valence-electron chi connectivity index (χ2n) is 4.20. The quantitative estimate of drug-likeness (QED) is 0.303. The molecule has 0 saturated carbocycles. The number of rotatable bonds is 2. The van der Waals surface area contributed by atoms with Crippen LogP contribution in [0.3, 0.4) is 0 Å². The third kappa shape index (κ3) is 3.91. The van der Waals surface area contributed by atoms with Crippen molar-refractivity contribution in [1.29, 1.82) is 0 Å². The van der Waals surface area contributed by atoms with Gasteiger partial charge in [0.2, 0.25) is 0 Å². The van der Waals surface area contributed by atoms with Crippen LogP contribution in [-0.2, 0) is 0 Å². The SMILES string of the molecule is [B]c1c(Br)c(Br)c(Oc2c([B])c(Br)c(Br)c([B])c2Br)c(Br)c1Br. The zero-order chi connectivity index (χ0) is 17.6. The van der Waals surface area contributed by atoms with Crippen molar-refractivity contribution in [2.24, 2.45) is 0 Å². The van der Waals surface area contributed by atoms with E-state index in [9.17, 15) is 0 Å². The third-order valence-electron chi connectivity index (χ3n) is 2.81. The van der Waals surface area contributed by atoms with Crippen LogP contribution in [0.2, 0.25) is 0 Å². The Kier molecular flexibility index (Phi) is 7.54. The van der Waals surface area contributed by atoms with Gasteiger partial charge in [-0.15, -0.1) is 0 Å². The molecule has 0 atom stereocenters. The topological polar surface area (TPSA) is 9.23 Å². The van der Waals surface area contributed by atoms with E-state index in [-0.39, 0.29) is 0 Å². The molecular formula is C12B3Br7O. The minimum absolute atomic E-state index is 0.377. The first kappa shape index (κ1) is 21.1. The highest BCUT2D eigenvalue weighted by atomic mass is 79.9. The van der Waals surface area contributed by atoms with Crippen LogP contribution in [0.5, 0.6) is 11.5 Å². The third-order valence-corrected chi connectivity index (χ3v) is 10.00. The fraction of sp³-hybridized carbons (Fsp3) is 0. The fourth-order valence-electron chi connectivity index (χ4n) is 1.59. The lowest BCUT2D eigenvalue weighted by Crippen LogP contribution is -2.20. The molecule has 0 bridgehead atoms. The summed E-state index contributed by atoms with van der Waals surface area (Å²) < 4.78 is 10.4. The molecule has 112 valence electrons. The number of hydrogen-bond donors (Lipinski definition) is 0. The van der Waals surface area contributed by atoms with Crippen LogP contribution in [0, 0.1) is 0 Å². The van der Waals surface area contributed by atoms with Crippen LogP contribution >= 0.6 is 112 Å². The molecule has 0 saturated heterocycles. The zero-order valence-electron chi connectivity index (χ0n) is 10.8. The maximum Gasteiger partial charge on any atom is 0.158 e. The van der Waals surface area contributed by atoms with Gasteiger partial charge in [0.05, 0.1) is 13.4 Å². The van der Waals surface area contributed by atoms with Crippen LogP contribution < -0.4 is 21.1 Å². The summed E-state index contributed by atoms with van der Waals surface area (Å²) in [7, 11) is 18.2. The van der Waals surface area contributed by atoms with E-state index in [4.69, 9.17) is 28.3 Å². The lowest BCUT2D eigenvalue weighted by Gasteiger charge is -2.20. The molecule has 23 heavy (non-hydrogen) atoms. The van der Waals surface area contributed by atoms with Crippen LogP contribution in [0.1, 0.15) is 0 Å². The summed E-state index contributed by atoms with van der Waals surface area (Å²) in [5, 5.41) is 0. The molecule has 0 fully saturated rings. The first-order valence-electron chi connectivity index (χ1n) is 5.60. The molecule has 11 heteroatoms. The summed E-state index contributed by atoms with van der Waals surface area (Å²) in [5.41, 5.74) is 1.38. The zero-order valence-corrected chi connectivity index (χ0v) is 21.9. The maximum absolute atomic E-state index is 6.14. The Morgan fingerprint density at radius 3 is 1.26 bits per heavy atom. The van der Waals surface area contributed by atoms with Crippen molar-refractivity contribution in [1.82, 2.24) is 0 Å². The molecule has 0 N–H and O–H groups in total. The second-order valence-corrected chi connectivity index (χ2v) is 9.75. The highest BCUT2D eigenvalue weighted by Crippen LogP contribution is 2.45. The van der Waals surface area contributed by atoms with Gasteiger partial charge in [-0.3, -0.25) is 0 Å². The van der Waals surface area contributed by atoms with Gasteiger partial charge >= 0.3 is 0 Å². The molecule has 0 aromatic heterocycles. The molecular weight excluding hydrogens is 752 g/mol. The molecule has 2 aromatic rings. The van der Waals surface area contributed by atoms with Crippen LogP contribution in [-0.4, -0.2) is 23.5 Å². The number of ether oxygens (including phenoxy) is 1. The molecule has 0 aliphatic rings. The molecule has 1 nitrogen and oxygen atoms in total. The van der Waals surface area contributed by atoms with E-state index in [1.54, 1.807) is 0 Å². The Bertz CT molecular complexity index is 700. The highest BCUT2D eigenvalue weighted by Gasteiger charge is 2.22. The molecule has 6 radical (unpaired) electrons. The number of benzene rings is 2. The van der Waals surface area contributed by atoms with Crippen molar-refractivity contribution in [2.75, 3.05) is 0 Å². The largest absolute Gasteiger partial charge is 0.454 e. The Hall–Kier alpha value is 1.79. The monoisotopic (exact) mass is 745 g/mol. The lowest BCUT2D eigenvalue weighted by molar-refractivity contribution is 0.477. The normalized spacial score (nSPS) is 10.9. The van der Waals surface area contributed by atoms with Gasteiger partial charge in [0.25, 0.3) is 0 Å². The van der Waals surface area contributed by atoms with Crippen LogP contribution in [0.25, 0.3) is 0 Å². The molecule has 2 rings (SSSR count). The standard InChI is InChI=1S/C12B3Br7O/c13-1-5(17)9(21)12(10(22)6(1)18)23-11-3(15)7(19)4(16)2(14)8(11)20. The number of hydrogen-bond acceptors (Lipinski definition) is 1. The van der Waals surface area contributed by atoms with E-state index in [0.29, 0.717) is 59.2 Å². The second kappa shape index (κ2) is 8.21. The minimum Gasteiger partial charge on any atom is -0.454 e. The maximum atomic E-state index is 6.14. The minimum atomic E-state index is 0.377. The Balaban J connectivity index is 2.71. The van der Waals surface area contributed by atoms with Crippen molar-refractivity contribution >= 4 is 151 Å². The van der Waals surface area contributed by atoms with Gasteiger partial charge in [0, 0.05) is 17.9 Å². The molecule has 0 aliphatic carbocycles. The van der Waals surface area contributed by atoms with Crippen molar-refractivity contribution in [3.05, 3.63) is 31.3 Å². The molecule has 0 unspecified atom stereocenters. The van der Waals surface area contributed by atoms with E-state index < -0.39 is 0 Å². The molecule has 0 aliphatic heterocycles. The first-order valence-corrected chi connectivity index (χ1v) is 11.1. The van der Waals surface area contributed by atoms with Gasteiger partial charge in [-0.2, -0.15) is 0 Å². The van der Waals surface area contributed by atoms with Crippen molar-refractivity contribution in [3.8, 4) is 11.5 Å². The predicted molar refractivity (Wildman–Crippen MR) is 123 cm³/mol. The van der Waals surface area contributed by atoms with E-state index in [1.807, 2.05) is 0 Å². The summed E-state index contributed by atoms with van der Waals surface area (Å²) in [6.45, 7) is 0. The average molecular weight is 752 g/mol. The van der Waals surface area contributed by atoms with E-state index in [1.165, 1.54) is 0 Å². The summed E-state index contributed by atoms with van der Waals surface area (Å²) in [4.78, 5) is 0. The predicted octanol–water partition coefficient (Wildman–Crippen LogP) is 5.20. The van der Waals surface area contributed by atoms with Crippen LogP contribution in [0.4, 0.5) is 0 Å². The van der Waals surface area contributed by atoms with Gasteiger partial charge in [-0.25, -0.2) is 0 Å². The van der Waals surface area contributed by atoms with E-state index in [0.717, 1.165) is 0 Å². The van der Waals surface area contributed by atoms with Crippen molar-refractivity contribution < 1.29 is 4.74 Å². The van der Waals surface area contributed by atoms with Gasteiger partial charge in [0.1, 0.15) is 29.3 Å². The van der Waals surface area contributed by atoms with E-state index in [2.05, 4.69) is 112 Å². The van der Waals surface area contributed by atoms with Gasteiger partial charge in [-0.05, 0) is 53.3 Å². The Morgan fingerprint density at radius 1 is 0.435 bits per heavy atom. The fourth-order valence-corrected chi connectivity index (χ4v) is 5.43. The van der Waals surface area contributed by atoms with Gasteiger partial charge in [0.15, 0.2) is 5.75 Å². The molecule has 0 heterocycles. The van der Waals surface area contributed by atoms with Crippen molar-refractivity contribution in [2.45, 2.75) is 0 Å². The van der Waals surface area contributed by atoms with Gasteiger partial charge < -0.3 is 4.74 Å². The lowest BCUT2D eigenvalue weighted by atomic mass is 9.88.